The second-order valence-corrected chi connectivity index (χ2v) is 1.77. The Morgan fingerprint density at radius 1 is 1.69 bits per heavy atom. The fraction of sp³-hybridized carbons (Fsp3) is 0. The van der Waals surface area contributed by atoms with E-state index in [0.717, 1.165) is 0 Å². The number of nitrogens with one attached hydrogen (secondary N) is 2. The lowest BCUT2D eigenvalue weighted by molar-refractivity contribution is 0.464. The Bertz CT molecular complexity index is 329. The largest absolute Gasteiger partial charge is 0.367 e. The van der Waals surface area contributed by atoms with Gasteiger partial charge >= 0.3 is 0 Å². The minimum atomic E-state index is -0.432. The zero-order valence-corrected chi connectivity index (χ0v) is 6.34. The zero-order valence-electron chi connectivity index (χ0n) is 6.34. The molecular weight excluding hydrogens is 176 g/mol. The van der Waals surface area contributed by atoms with Crippen LogP contribution in [-0.2, 0) is 0 Å². The molecular formula is C3H6N10. The highest BCUT2D eigenvalue weighted by Crippen LogP contribution is 1.92. The highest BCUT2D eigenvalue weighted by Gasteiger charge is 1.93. The van der Waals surface area contributed by atoms with Crippen molar-refractivity contribution in [1.29, 1.82) is 5.41 Å². The number of aromatic amines is 1. The van der Waals surface area contributed by atoms with E-state index >= 15 is 0 Å². The molecule has 10 heteroatoms. The molecule has 1 aromatic heterocycles. The number of aliphatic imine (C=N–C) groups is 1. The minimum Gasteiger partial charge on any atom is -0.367 e. The Morgan fingerprint density at radius 3 is 3.00 bits per heavy atom. The van der Waals surface area contributed by atoms with Crippen molar-refractivity contribution in [1.82, 2.24) is 25.7 Å². The van der Waals surface area contributed by atoms with Crippen molar-refractivity contribution in [2.75, 3.05) is 0 Å². The van der Waals surface area contributed by atoms with Crippen LogP contribution in [-0.4, -0.2) is 37.7 Å². The van der Waals surface area contributed by atoms with Crippen LogP contribution in [0.25, 0.3) is 0 Å². The van der Waals surface area contributed by atoms with Crippen molar-refractivity contribution in [3.63, 3.8) is 0 Å². The van der Waals surface area contributed by atoms with Crippen LogP contribution in [0.15, 0.2) is 10.1 Å². The number of hydrogen-bond acceptors (Lipinski definition) is 7. The number of nitrogens with zero attached hydrogens (tertiary/aromatic N) is 6. The van der Waals surface area contributed by atoms with Crippen molar-refractivity contribution in [2.24, 2.45) is 21.7 Å². The number of guanidine groups is 1. The predicted molar refractivity (Wildman–Crippen MR) is 41.6 cm³/mol. The van der Waals surface area contributed by atoms with Crippen LogP contribution in [0.2, 0.25) is 0 Å². The second-order valence-electron chi connectivity index (χ2n) is 1.77. The fourth-order valence-corrected chi connectivity index (χ4v) is 0.373. The summed E-state index contributed by atoms with van der Waals surface area (Å²) < 4.78 is 0. The standard InChI is InChI=1S/C3H6N10/c4-2(5)13(6)8-1-7-3-9-11-12-10-3/h6H2,(H3,4,5)(H,9,10,11,12). The molecule has 0 spiro atoms. The molecule has 13 heavy (non-hydrogen) atoms. The van der Waals surface area contributed by atoms with Gasteiger partial charge in [0.05, 0.1) is 0 Å². The summed E-state index contributed by atoms with van der Waals surface area (Å²) in [4.78, 5) is 3.51. The molecule has 0 aromatic carbocycles. The molecule has 1 heterocycles. The SMILES string of the molecule is N=C(N)N(N)N=C=Nc1nnn[nH]1. The molecule has 6 N–H and O–H groups in total. The summed E-state index contributed by atoms with van der Waals surface area (Å²) in [6, 6.07) is 2.13. The number of tetrazole rings is 1. The molecule has 0 aliphatic carbocycles. The lowest BCUT2D eigenvalue weighted by Crippen LogP contribution is -2.37. The quantitative estimate of drug-likeness (QED) is 0.179. The average molecular weight is 182 g/mol. The van der Waals surface area contributed by atoms with Gasteiger partial charge < -0.3 is 5.73 Å². The van der Waals surface area contributed by atoms with Crippen LogP contribution in [0.5, 0.6) is 0 Å². The third-order valence-corrected chi connectivity index (χ3v) is 0.889. The van der Waals surface area contributed by atoms with E-state index in [1.807, 2.05) is 0 Å². The highest BCUT2D eigenvalue weighted by molar-refractivity contribution is 5.74. The molecule has 68 valence electrons. The maximum Gasteiger partial charge on any atom is 0.276 e. The van der Waals surface area contributed by atoms with E-state index in [2.05, 4.69) is 36.7 Å². The summed E-state index contributed by atoms with van der Waals surface area (Å²) in [5.41, 5.74) is 4.96. The Morgan fingerprint density at radius 2 is 2.46 bits per heavy atom. The third kappa shape index (κ3) is 2.65. The van der Waals surface area contributed by atoms with Crippen molar-refractivity contribution in [3.05, 3.63) is 0 Å². The van der Waals surface area contributed by atoms with Gasteiger partial charge in [0.15, 0.2) is 0 Å². The van der Waals surface area contributed by atoms with Gasteiger partial charge in [0.2, 0.25) is 5.96 Å². The zero-order chi connectivity index (χ0) is 9.68. The Kier molecular flexibility index (Phi) is 2.63. The van der Waals surface area contributed by atoms with Crippen LogP contribution in [0.4, 0.5) is 5.95 Å². The van der Waals surface area contributed by atoms with Crippen LogP contribution in [0, 0.1) is 5.41 Å². The van der Waals surface area contributed by atoms with Gasteiger partial charge in [0, 0.05) is 0 Å². The molecule has 0 radical (unpaired) electrons. The summed E-state index contributed by atoms with van der Waals surface area (Å²) >= 11 is 0. The summed E-state index contributed by atoms with van der Waals surface area (Å²) in [5.74, 6) is 4.78. The summed E-state index contributed by atoms with van der Waals surface area (Å²) in [6.07, 6.45) is 0. The van der Waals surface area contributed by atoms with Gasteiger partial charge in [0.25, 0.3) is 5.95 Å². The fourth-order valence-electron chi connectivity index (χ4n) is 0.373. The van der Waals surface area contributed by atoms with E-state index in [0.29, 0.717) is 5.12 Å². The molecule has 0 bridgehead atoms. The van der Waals surface area contributed by atoms with Gasteiger partial charge in [-0.05, 0) is 10.4 Å². The van der Waals surface area contributed by atoms with E-state index in [9.17, 15) is 0 Å². The minimum absolute atomic E-state index is 0.126. The monoisotopic (exact) mass is 182 g/mol. The van der Waals surface area contributed by atoms with E-state index in [-0.39, 0.29) is 5.95 Å². The summed E-state index contributed by atoms with van der Waals surface area (Å²) in [7, 11) is 0. The Hall–Kier alpha value is -2.32. The van der Waals surface area contributed by atoms with Crippen molar-refractivity contribution in [3.8, 4) is 0 Å². The van der Waals surface area contributed by atoms with Gasteiger partial charge in [-0.25, -0.2) is 10.9 Å². The number of nitrogens with two attached hydrogens (primary N) is 2. The normalized spacial score (nSPS) is 8.69. The molecule has 0 unspecified atom stereocenters. The van der Waals surface area contributed by atoms with E-state index < -0.39 is 5.96 Å². The van der Waals surface area contributed by atoms with Gasteiger partial charge in [0.1, 0.15) is 6.01 Å². The number of hydrazine groups is 1. The van der Waals surface area contributed by atoms with Crippen LogP contribution in [0.1, 0.15) is 0 Å². The van der Waals surface area contributed by atoms with Gasteiger partial charge in [-0.2, -0.15) is 5.12 Å². The lowest BCUT2D eigenvalue weighted by atomic mass is 11.0. The van der Waals surface area contributed by atoms with Crippen LogP contribution < -0.4 is 11.6 Å². The first-order chi connectivity index (χ1) is 6.20. The van der Waals surface area contributed by atoms with Gasteiger partial charge in [-0.1, -0.05) is 10.2 Å². The predicted octanol–water partition coefficient (Wildman–Crippen LogP) is -2.01. The van der Waals surface area contributed by atoms with Crippen molar-refractivity contribution in [2.45, 2.75) is 0 Å². The molecule has 0 saturated heterocycles. The molecule has 0 saturated carbocycles. The number of aromatic nitrogens is 4. The molecule has 1 rings (SSSR count). The molecule has 10 nitrogen and oxygen atoms in total. The highest BCUT2D eigenvalue weighted by atomic mass is 15.7. The second kappa shape index (κ2) is 3.90. The maximum atomic E-state index is 6.81. The van der Waals surface area contributed by atoms with Crippen LogP contribution in [0.3, 0.4) is 0 Å². The van der Waals surface area contributed by atoms with Gasteiger partial charge in [-0.15, -0.1) is 4.99 Å². The van der Waals surface area contributed by atoms with Crippen molar-refractivity contribution >= 4 is 17.9 Å². The Balaban J connectivity index is 2.62. The summed E-state index contributed by atoms with van der Waals surface area (Å²) in [6.45, 7) is 0. The first-order valence-electron chi connectivity index (χ1n) is 2.99. The van der Waals surface area contributed by atoms with E-state index in [4.69, 9.17) is 17.0 Å². The Labute approximate surface area is 71.8 Å². The number of hydrazone groups is 1. The summed E-state index contributed by atoms with van der Waals surface area (Å²) in [5, 5.41) is 23.0. The average Bonchev–Trinajstić information content (AvgIpc) is 2.56. The molecule has 0 aliphatic rings. The number of rotatable bonds is 2. The number of H-pyrrole nitrogens is 1. The van der Waals surface area contributed by atoms with Crippen molar-refractivity contribution < 1.29 is 0 Å². The molecule has 0 aliphatic heterocycles. The van der Waals surface area contributed by atoms with Gasteiger partial charge in [-0.3, -0.25) is 5.41 Å². The topological polar surface area (TPSA) is 158 Å². The lowest BCUT2D eigenvalue weighted by Gasteiger charge is -2.03. The molecule has 0 fully saturated rings. The first kappa shape index (κ1) is 8.77. The van der Waals surface area contributed by atoms with E-state index in [1.54, 1.807) is 0 Å². The third-order valence-electron chi connectivity index (χ3n) is 0.889. The van der Waals surface area contributed by atoms with Crippen LogP contribution >= 0.6 is 0 Å². The molecule has 0 atom stereocenters. The number of hydrogen-bond donors (Lipinski definition) is 4. The maximum absolute atomic E-state index is 6.81. The first-order valence-corrected chi connectivity index (χ1v) is 2.99. The molecule has 0 amide bonds. The van der Waals surface area contributed by atoms with E-state index in [1.165, 1.54) is 0 Å². The smallest absolute Gasteiger partial charge is 0.276 e. The molecule has 1 aromatic rings.